The summed E-state index contributed by atoms with van der Waals surface area (Å²) in [7, 11) is -3.04. The maximum atomic E-state index is 12.2. The van der Waals surface area contributed by atoms with Crippen LogP contribution in [0.3, 0.4) is 0 Å². The summed E-state index contributed by atoms with van der Waals surface area (Å²) in [5, 5.41) is -0.0994. The summed E-state index contributed by atoms with van der Waals surface area (Å²) < 4.78 is 26.2. The third-order valence-corrected chi connectivity index (χ3v) is 6.18. The van der Waals surface area contributed by atoms with Crippen LogP contribution in [0.15, 0.2) is 0 Å². The Labute approximate surface area is 103 Å². The molecule has 0 radical (unpaired) electrons. The quantitative estimate of drug-likeness (QED) is 0.716. The molecule has 2 rings (SSSR count). The van der Waals surface area contributed by atoms with E-state index in [1.165, 1.54) is 6.42 Å². The number of hydrogen-bond acceptors (Lipinski definition) is 2. The molecule has 0 aliphatic heterocycles. The van der Waals surface area contributed by atoms with Crippen molar-refractivity contribution in [2.45, 2.75) is 56.2 Å². The summed E-state index contributed by atoms with van der Waals surface area (Å²) in [6.07, 6.45) is 7.27. The van der Waals surface area contributed by atoms with Crippen molar-refractivity contribution in [3.8, 4) is 0 Å². The van der Waals surface area contributed by atoms with Gasteiger partial charge >= 0.3 is 0 Å². The van der Waals surface area contributed by atoms with Crippen LogP contribution in [0, 0.1) is 0 Å². The lowest BCUT2D eigenvalue weighted by Crippen LogP contribution is -2.44. The molecular formula is C11H20ClNO2S. The highest BCUT2D eigenvalue weighted by Crippen LogP contribution is 2.34. The molecule has 3 nitrogen and oxygen atoms in total. The van der Waals surface area contributed by atoms with Gasteiger partial charge in [0.25, 0.3) is 0 Å². The van der Waals surface area contributed by atoms with Crippen molar-refractivity contribution in [2.24, 2.45) is 0 Å². The van der Waals surface area contributed by atoms with Crippen molar-refractivity contribution < 1.29 is 8.42 Å². The van der Waals surface area contributed by atoms with Gasteiger partial charge in [0.15, 0.2) is 0 Å². The lowest BCUT2D eigenvalue weighted by molar-refractivity contribution is 0.262. The highest BCUT2D eigenvalue weighted by molar-refractivity contribution is 7.90. The van der Waals surface area contributed by atoms with Crippen molar-refractivity contribution in [3.63, 3.8) is 0 Å². The normalized spacial score (nSPS) is 23.9. The highest BCUT2D eigenvalue weighted by atomic mass is 35.5. The van der Waals surface area contributed by atoms with E-state index in [1.54, 1.807) is 4.31 Å². The first-order valence-corrected chi connectivity index (χ1v) is 8.26. The first-order valence-electron chi connectivity index (χ1n) is 6.23. The Morgan fingerprint density at radius 2 is 1.69 bits per heavy atom. The molecular weight excluding hydrogens is 246 g/mol. The summed E-state index contributed by atoms with van der Waals surface area (Å²) in [5.41, 5.74) is 0. The molecule has 5 heteroatoms. The fraction of sp³-hybridized carbons (Fsp3) is 1.00. The molecule has 0 amide bonds. The molecule has 94 valence electrons. The standard InChI is InChI=1S/C11H20ClNO2S/c12-8-9-13(10-4-2-1-3-5-10)16(14,15)11-6-7-11/h10-11H,1-9H2. The molecule has 0 unspecified atom stereocenters. The molecule has 0 atom stereocenters. The number of nitrogens with zero attached hydrogens (tertiary/aromatic N) is 1. The molecule has 0 aromatic heterocycles. The lowest BCUT2D eigenvalue weighted by atomic mass is 9.95. The average Bonchev–Trinajstić information content (AvgIpc) is 3.11. The van der Waals surface area contributed by atoms with E-state index in [-0.39, 0.29) is 11.3 Å². The van der Waals surface area contributed by atoms with Gasteiger partial charge in [-0.15, -0.1) is 11.6 Å². The van der Waals surface area contributed by atoms with E-state index in [9.17, 15) is 8.42 Å². The molecule has 0 N–H and O–H groups in total. The van der Waals surface area contributed by atoms with Gasteiger partial charge in [-0.3, -0.25) is 0 Å². The molecule has 0 bridgehead atoms. The molecule has 0 heterocycles. The monoisotopic (exact) mass is 265 g/mol. The molecule has 2 aliphatic rings. The zero-order chi connectivity index (χ0) is 11.6. The van der Waals surface area contributed by atoms with Crippen LogP contribution < -0.4 is 0 Å². The first-order chi connectivity index (χ1) is 7.66. The molecule has 2 saturated carbocycles. The molecule has 0 aromatic carbocycles. The minimum atomic E-state index is -3.04. The third kappa shape index (κ3) is 2.71. The number of hydrogen-bond donors (Lipinski definition) is 0. The summed E-state index contributed by atoms with van der Waals surface area (Å²) >= 11 is 5.74. The molecule has 0 spiro atoms. The molecule has 0 saturated heterocycles. The number of sulfonamides is 1. The maximum absolute atomic E-state index is 12.2. The van der Waals surface area contributed by atoms with Crippen molar-refractivity contribution in [2.75, 3.05) is 12.4 Å². The van der Waals surface area contributed by atoms with Gasteiger partial charge in [-0.2, -0.15) is 4.31 Å². The Balaban J connectivity index is 2.08. The SMILES string of the molecule is O=S(=O)(C1CC1)N(CCCl)C1CCCCC1. The second kappa shape index (κ2) is 5.23. The van der Waals surface area contributed by atoms with E-state index < -0.39 is 10.0 Å². The predicted molar refractivity (Wildman–Crippen MR) is 66.2 cm³/mol. The Kier molecular flexibility index (Phi) is 4.14. The summed E-state index contributed by atoms with van der Waals surface area (Å²) in [6, 6.07) is 0.220. The first kappa shape index (κ1) is 12.7. The van der Waals surface area contributed by atoms with E-state index in [1.807, 2.05) is 0 Å². The van der Waals surface area contributed by atoms with Crippen molar-refractivity contribution in [1.29, 1.82) is 0 Å². The number of halogens is 1. The van der Waals surface area contributed by atoms with Crippen LogP contribution in [0.4, 0.5) is 0 Å². The van der Waals surface area contributed by atoms with Gasteiger partial charge in [0.2, 0.25) is 10.0 Å². The fourth-order valence-corrected chi connectivity index (χ4v) is 4.90. The van der Waals surface area contributed by atoms with Gasteiger partial charge in [0.1, 0.15) is 0 Å². The largest absolute Gasteiger partial charge is 0.217 e. The lowest BCUT2D eigenvalue weighted by Gasteiger charge is -2.33. The van der Waals surface area contributed by atoms with Crippen molar-refractivity contribution in [1.82, 2.24) is 4.31 Å². The van der Waals surface area contributed by atoms with Crippen LogP contribution in [0.25, 0.3) is 0 Å². The van der Waals surface area contributed by atoms with Gasteiger partial charge in [0, 0.05) is 18.5 Å². The van der Waals surface area contributed by atoms with E-state index in [0.29, 0.717) is 12.4 Å². The van der Waals surface area contributed by atoms with Crippen LogP contribution >= 0.6 is 11.6 Å². The minimum Gasteiger partial charge on any atom is -0.212 e. The van der Waals surface area contributed by atoms with Crippen molar-refractivity contribution in [3.05, 3.63) is 0 Å². The minimum absolute atomic E-state index is 0.0994. The Morgan fingerprint density at radius 1 is 1.06 bits per heavy atom. The topological polar surface area (TPSA) is 37.4 Å². The molecule has 0 aromatic rings. The van der Waals surface area contributed by atoms with Gasteiger partial charge in [-0.25, -0.2) is 8.42 Å². The predicted octanol–water partition coefficient (Wildman–Crippen LogP) is 2.35. The van der Waals surface area contributed by atoms with E-state index >= 15 is 0 Å². The zero-order valence-corrected chi connectivity index (χ0v) is 11.1. The van der Waals surface area contributed by atoms with Gasteiger partial charge in [-0.1, -0.05) is 19.3 Å². The van der Waals surface area contributed by atoms with Crippen LogP contribution in [0.5, 0.6) is 0 Å². The average molecular weight is 266 g/mol. The molecule has 16 heavy (non-hydrogen) atoms. The molecule has 2 aliphatic carbocycles. The van der Waals surface area contributed by atoms with Gasteiger partial charge in [-0.05, 0) is 25.7 Å². The summed E-state index contributed by atoms with van der Waals surface area (Å²) in [5.74, 6) is 0.405. The van der Waals surface area contributed by atoms with Crippen molar-refractivity contribution >= 4 is 21.6 Å². The Hall–Kier alpha value is 0.200. The third-order valence-electron chi connectivity index (χ3n) is 3.56. The Morgan fingerprint density at radius 3 is 2.19 bits per heavy atom. The van der Waals surface area contributed by atoms with Crippen LogP contribution in [0.1, 0.15) is 44.9 Å². The van der Waals surface area contributed by atoms with Crippen LogP contribution in [-0.4, -0.2) is 36.4 Å². The van der Waals surface area contributed by atoms with Crippen LogP contribution in [-0.2, 0) is 10.0 Å². The smallest absolute Gasteiger partial charge is 0.212 e. The maximum Gasteiger partial charge on any atom is 0.217 e. The van der Waals surface area contributed by atoms with E-state index in [2.05, 4.69) is 0 Å². The zero-order valence-electron chi connectivity index (χ0n) is 9.57. The van der Waals surface area contributed by atoms with Gasteiger partial charge < -0.3 is 0 Å². The second-order valence-corrected chi connectivity index (χ2v) is 7.38. The summed E-state index contributed by atoms with van der Waals surface area (Å²) in [4.78, 5) is 0. The Bertz CT molecular complexity index is 321. The fourth-order valence-electron chi connectivity index (χ4n) is 2.53. The highest BCUT2D eigenvalue weighted by Gasteiger charge is 2.42. The van der Waals surface area contributed by atoms with E-state index in [4.69, 9.17) is 11.6 Å². The number of alkyl halides is 1. The summed E-state index contributed by atoms with van der Waals surface area (Å²) in [6.45, 7) is 0.491. The molecule has 2 fully saturated rings. The van der Waals surface area contributed by atoms with Gasteiger partial charge in [0.05, 0.1) is 5.25 Å². The second-order valence-electron chi connectivity index (χ2n) is 4.84. The van der Waals surface area contributed by atoms with E-state index in [0.717, 1.165) is 38.5 Å². The number of rotatable bonds is 5. The van der Waals surface area contributed by atoms with Crippen LogP contribution in [0.2, 0.25) is 0 Å².